The molecule has 0 spiro atoms. The average Bonchev–Trinajstić information content (AvgIpc) is 2.95. The standard InChI is InChI=1S/C18H22N2S/c1-18(2)15(13-8-5-9-19-10-13)16(18)17-20-11-14(21-17)12-6-3-4-7-12/h5,8-12,15-16H,3-4,6-7H2,1-2H3/t15-,16+/m1/s1. The SMILES string of the molecule is CC1(C)[C@H](c2cccnc2)[C@H]1c1ncc(C2CCCC2)s1. The van der Waals surface area contributed by atoms with E-state index in [1.165, 1.54) is 41.1 Å². The van der Waals surface area contributed by atoms with E-state index in [0.29, 0.717) is 17.3 Å². The van der Waals surface area contributed by atoms with Gasteiger partial charge in [-0.25, -0.2) is 4.98 Å². The normalized spacial score (nSPS) is 27.9. The molecular formula is C18H22N2S. The minimum absolute atomic E-state index is 0.313. The van der Waals surface area contributed by atoms with Gasteiger partial charge in [0.25, 0.3) is 0 Å². The first-order chi connectivity index (χ1) is 10.2. The first-order valence-corrected chi connectivity index (χ1v) is 8.85. The fourth-order valence-electron chi connectivity index (χ4n) is 4.12. The molecule has 21 heavy (non-hydrogen) atoms. The third kappa shape index (κ3) is 2.22. The number of aromatic nitrogens is 2. The van der Waals surface area contributed by atoms with Gasteiger partial charge >= 0.3 is 0 Å². The summed E-state index contributed by atoms with van der Waals surface area (Å²) >= 11 is 1.97. The number of nitrogens with zero attached hydrogens (tertiary/aromatic N) is 2. The largest absolute Gasteiger partial charge is 0.264 e. The molecule has 0 unspecified atom stereocenters. The number of pyridine rings is 1. The second-order valence-corrected chi connectivity index (χ2v) is 8.24. The first-order valence-electron chi connectivity index (χ1n) is 8.03. The van der Waals surface area contributed by atoms with Crippen molar-refractivity contribution in [1.82, 2.24) is 9.97 Å². The summed E-state index contributed by atoms with van der Waals surface area (Å²) in [6.07, 6.45) is 11.6. The zero-order chi connectivity index (χ0) is 14.4. The van der Waals surface area contributed by atoms with Crippen molar-refractivity contribution >= 4 is 11.3 Å². The van der Waals surface area contributed by atoms with Gasteiger partial charge in [0.1, 0.15) is 0 Å². The number of hydrogen-bond acceptors (Lipinski definition) is 3. The second-order valence-electron chi connectivity index (χ2n) is 7.15. The van der Waals surface area contributed by atoms with E-state index in [2.05, 4.69) is 31.1 Å². The predicted molar refractivity (Wildman–Crippen MR) is 86.8 cm³/mol. The van der Waals surface area contributed by atoms with Gasteiger partial charge in [-0.3, -0.25) is 4.98 Å². The maximum atomic E-state index is 4.79. The van der Waals surface area contributed by atoms with E-state index in [1.54, 1.807) is 0 Å². The first kappa shape index (κ1) is 13.4. The Morgan fingerprint density at radius 3 is 2.67 bits per heavy atom. The van der Waals surface area contributed by atoms with Crippen LogP contribution in [0.25, 0.3) is 0 Å². The van der Waals surface area contributed by atoms with Crippen molar-refractivity contribution < 1.29 is 0 Å². The van der Waals surface area contributed by atoms with Gasteiger partial charge in [-0.15, -0.1) is 11.3 Å². The summed E-state index contributed by atoms with van der Waals surface area (Å²) in [6.45, 7) is 4.73. The van der Waals surface area contributed by atoms with Gasteiger partial charge in [-0.1, -0.05) is 32.8 Å². The summed E-state index contributed by atoms with van der Waals surface area (Å²) in [5.74, 6) is 1.94. The topological polar surface area (TPSA) is 25.8 Å². The lowest BCUT2D eigenvalue weighted by molar-refractivity contribution is 0.600. The van der Waals surface area contributed by atoms with E-state index >= 15 is 0 Å². The van der Waals surface area contributed by atoms with Crippen LogP contribution in [0, 0.1) is 5.41 Å². The highest BCUT2D eigenvalue weighted by molar-refractivity contribution is 7.11. The maximum Gasteiger partial charge on any atom is 0.0970 e. The molecule has 0 N–H and O–H groups in total. The Kier molecular flexibility index (Phi) is 3.14. The molecule has 2 fully saturated rings. The molecule has 2 heterocycles. The molecule has 110 valence electrons. The van der Waals surface area contributed by atoms with E-state index in [4.69, 9.17) is 4.98 Å². The Bertz CT molecular complexity index is 626. The van der Waals surface area contributed by atoms with Crippen molar-refractivity contribution in [1.29, 1.82) is 0 Å². The highest BCUT2D eigenvalue weighted by Gasteiger charge is 2.60. The maximum absolute atomic E-state index is 4.79. The molecule has 2 aromatic heterocycles. The quantitative estimate of drug-likeness (QED) is 0.787. The number of rotatable bonds is 3. The Morgan fingerprint density at radius 1 is 1.14 bits per heavy atom. The molecular weight excluding hydrogens is 276 g/mol. The second kappa shape index (κ2) is 4.91. The van der Waals surface area contributed by atoms with Crippen LogP contribution >= 0.6 is 11.3 Å². The van der Waals surface area contributed by atoms with Crippen LogP contribution in [-0.2, 0) is 0 Å². The minimum Gasteiger partial charge on any atom is -0.264 e. The van der Waals surface area contributed by atoms with Crippen LogP contribution in [0.5, 0.6) is 0 Å². The monoisotopic (exact) mass is 298 g/mol. The number of thiazole rings is 1. The molecule has 0 aromatic carbocycles. The van der Waals surface area contributed by atoms with Gasteiger partial charge in [0, 0.05) is 35.3 Å². The molecule has 0 amide bonds. The molecule has 2 saturated carbocycles. The summed E-state index contributed by atoms with van der Waals surface area (Å²) in [7, 11) is 0. The van der Waals surface area contributed by atoms with Crippen molar-refractivity contribution in [3.8, 4) is 0 Å². The smallest absolute Gasteiger partial charge is 0.0970 e. The van der Waals surface area contributed by atoms with Gasteiger partial charge in [0.05, 0.1) is 5.01 Å². The summed E-state index contributed by atoms with van der Waals surface area (Å²) < 4.78 is 0. The van der Waals surface area contributed by atoms with Crippen LogP contribution in [0.4, 0.5) is 0 Å². The van der Waals surface area contributed by atoms with E-state index in [0.717, 1.165) is 5.92 Å². The zero-order valence-corrected chi connectivity index (χ0v) is 13.6. The third-order valence-corrected chi connectivity index (χ3v) is 6.68. The van der Waals surface area contributed by atoms with Gasteiger partial charge in [0.15, 0.2) is 0 Å². The van der Waals surface area contributed by atoms with Crippen LogP contribution in [0.2, 0.25) is 0 Å². The van der Waals surface area contributed by atoms with Gasteiger partial charge in [0.2, 0.25) is 0 Å². The number of hydrogen-bond donors (Lipinski definition) is 0. The molecule has 2 aliphatic rings. The Hall–Kier alpha value is -1.22. The molecule has 0 bridgehead atoms. The molecule has 2 nitrogen and oxygen atoms in total. The van der Waals surface area contributed by atoms with Crippen LogP contribution in [0.1, 0.15) is 72.7 Å². The molecule has 0 aliphatic heterocycles. The van der Waals surface area contributed by atoms with Crippen molar-refractivity contribution in [2.45, 2.75) is 57.3 Å². The summed E-state index contributed by atoms with van der Waals surface area (Å²) in [6, 6.07) is 4.26. The lowest BCUT2D eigenvalue weighted by Crippen LogP contribution is -1.90. The summed E-state index contributed by atoms with van der Waals surface area (Å²) in [4.78, 5) is 10.6. The van der Waals surface area contributed by atoms with E-state index in [1.807, 2.05) is 29.8 Å². The van der Waals surface area contributed by atoms with Crippen molar-refractivity contribution in [2.24, 2.45) is 5.41 Å². The van der Waals surface area contributed by atoms with Crippen molar-refractivity contribution in [3.05, 3.63) is 46.2 Å². The van der Waals surface area contributed by atoms with Crippen LogP contribution in [0.3, 0.4) is 0 Å². The molecule has 3 heteroatoms. The van der Waals surface area contributed by atoms with Gasteiger partial charge < -0.3 is 0 Å². The average molecular weight is 298 g/mol. The zero-order valence-electron chi connectivity index (χ0n) is 12.7. The Balaban J connectivity index is 1.59. The van der Waals surface area contributed by atoms with Crippen molar-refractivity contribution in [3.63, 3.8) is 0 Å². The van der Waals surface area contributed by atoms with Crippen LogP contribution < -0.4 is 0 Å². The third-order valence-electron chi connectivity index (χ3n) is 5.44. The summed E-state index contributed by atoms with van der Waals surface area (Å²) in [5, 5.41) is 1.34. The minimum atomic E-state index is 0.313. The summed E-state index contributed by atoms with van der Waals surface area (Å²) in [5.41, 5.74) is 1.68. The van der Waals surface area contributed by atoms with E-state index in [-0.39, 0.29) is 0 Å². The lowest BCUT2D eigenvalue weighted by atomic mass is 10.1. The highest BCUT2D eigenvalue weighted by Crippen LogP contribution is 2.70. The highest BCUT2D eigenvalue weighted by atomic mass is 32.1. The lowest BCUT2D eigenvalue weighted by Gasteiger charge is -2.03. The predicted octanol–water partition coefficient (Wildman–Crippen LogP) is 5.10. The Morgan fingerprint density at radius 2 is 1.95 bits per heavy atom. The molecule has 2 aromatic rings. The molecule has 0 saturated heterocycles. The fraction of sp³-hybridized carbons (Fsp3) is 0.556. The molecule has 2 aliphatic carbocycles. The van der Waals surface area contributed by atoms with E-state index < -0.39 is 0 Å². The molecule has 2 atom stereocenters. The van der Waals surface area contributed by atoms with E-state index in [9.17, 15) is 0 Å². The van der Waals surface area contributed by atoms with Gasteiger partial charge in [-0.05, 0) is 35.8 Å². The van der Waals surface area contributed by atoms with Crippen LogP contribution in [-0.4, -0.2) is 9.97 Å². The fourth-order valence-corrected chi connectivity index (χ4v) is 5.55. The Labute approximate surface area is 130 Å². The molecule has 4 rings (SSSR count). The van der Waals surface area contributed by atoms with Crippen molar-refractivity contribution in [2.75, 3.05) is 0 Å². The molecule has 0 radical (unpaired) electrons. The van der Waals surface area contributed by atoms with Crippen LogP contribution in [0.15, 0.2) is 30.7 Å². The van der Waals surface area contributed by atoms with Gasteiger partial charge in [-0.2, -0.15) is 0 Å².